The molecule has 0 heterocycles. The summed E-state index contributed by atoms with van der Waals surface area (Å²) in [7, 11) is 5.38. The lowest BCUT2D eigenvalue weighted by atomic mass is 10.1. The van der Waals surface area contributed by atoms with Crippen LogP contribution in [0.2, 0.25) is 0 Å². The fourth-order valence-electron chi connectivity index (χ4n) is 3.29. The Balaban J connectivity index is 2.87. The molecule has 0 fully saturated rings. The van der Waals surface area contributed by atoms with Gasteiger partial charge in [-0.2, -0.15) is 0 Å². The third kappa shape index (κ3) is 12.3. The maximum atomic E-state index is 11.6. The molecule has 0 unspecified atom stereocenters. The Kier molecular flexibility index (Phi) is 14.2. The van der Waals surface area contributed by atoms with Crippen molar-refractivity contribution in [1.29, 1.82) is 0 Å². The zero-order valence-corrected chi connectivity index (χ0v) is 20.5. The topological polar surface area (TPSA) is 112 Å². The largest absolute Gasteiger partial charge is 0.469 e. The van der Waals surface area contributed by atoms with Gasteiger partial charge in [-0.1, -0.05) is 24.3 Å². The standard InChI is InChI=1S/C24H36N2O8/c1-31-21(27)8-12-25(13-9-22(28)32-2)17-19-6-5-7-20(16-19)18-26(14-10-23(29)33-3)15-11-24(30)34-4/h5-7,16H,8-15,17-18H2,1-4H3. The van der Waals surface area contributed by atoms with Gasteiger partial charge in [-0.25, -0.2) is 0 Å². The number of hydrogen-bond acceptors (Lipinski definition) is 10. The van der Waals surface area contributed by atoms with Crippen LogP contribution in [0.1, 0.15) is 36.8 Å². The highest BCUT2D eigenvalue weighted by Crippen LogP contribution is 2.13. The highest BCUT2D eigenvalue weighted by Gasteiger charge is 2.14. The molecule has 0 saturated heterocycles. The SMILES string of the molecule is COC(=O)CCN(CCC(=O)OC)Cc1cccc(CN(CCC(=O)OC)CCC(=O)OC)c1. The molecule has 0 spiro atoms. The molecule has 0 bridgehead atoms. The van der Waals surface area contributed by atoms with E-state index in [-0.39, 0.29) is 49.6 Å². The van der Waals surface area contributed by atoms with Gasteiger partial charge in [0.15, 0.2) is 0 Å². The summed E-state index contributed by atoms with van der Waals surface area (Å²) >= 11 is 0. The van der Waals surface area contributed by atoms with Crippen molar-refractivity contribution in [3.63, 3.8) is 0 Å². The predicted molar refractivity (Wildman–Crippen MR) is 124 cm³/mol. The summed E-state index contributed by atoms with van der Waals surface area (Å²) in [6.45, 7) is 2.84. The number of carbonyl (C=O) groups excluding carboxylic acids is 4. The Labute approximate surface area is 201 Å². The van der Waals surface area contributed by atoms with Gasteiger partial charge in [0.25, 0.3) is 0 Å². The first-order chi connectivity index (χ1) is 16.3. The van der Waals surface area contributed by atoms with E-state index in [1.807, 2.05) is 34.1 Å². The molecule has 0 N–H and O–H groups in total. The van der Waals surface area contributed by atoms with Crippen LogP contribution in [0.4, 0.5) is 0 Å². The van der Waals surface area contributed by atoms with Crippen molar-refractivity contribution in [2.75, 3.05) is 54.6 Å². The summed E-state index contributed by atoms with van der Waals surface area (Å²) in [4.78, 5) is 50.4. The Morgan fingerprint density at radius 3 is 1.15 bits per heavy atom. The zero-order valence-electron chi connectivity index (χ0n) is 20.5. The van der Waals surface area contributed by atoms with Crippen LogP contribution in [0, 0.1) is 0 Å². The van der Waals surface area contributed by atoms with E-state index in [0.29, 0.717) is 39.3 Å². The second-order valence-electron chi connectivity index (χ2n) is 7.68. The number of rotatable bonds is 16. The van der Waals surface area contributed by atoms with Crippen LogP contribution in [0.15, 0.2) is 24.3 Å². The number of hydrogen-bond donors (Lipinski definition) is 0. The Morgan fingerprint density at radius 1 is 0.588 bits per heavy atom. The molecular formula is C24H36N2O8. The minimum Gasteiger partial charge on any atom is -0.469 e. The second kappa shape index (κ2) is 16.6. The molecule has 0 aromatic heterocycles. The van der Waals surface area contributed by atoms with Crippen molar-refractivity contribution in [3.8, 4) is 0 Å². The molecule has 10 nitrogen and oxygen atoms in total. The van der Waals surface area contributed by atoms with Crippen LogP contribution in [0.3, 0.4) is 0 Å². The first-order valence-corrected chi connectivity index (χ1v) is 11.1. The van der Waals surface area contributed by atoms with Crippen LogP contribution in [-0.2, 0) is 51.2 Å². The Bertz CT molecular complexity index is 698. The molecule has 1 aromatic carbocycles. The monoisotopic (exact) mass is 480 g/mol. The number of esters is 4. The number of ether oxygens (including phenoxy) is 4. The summed E-state index contributed by atoms with van der Waals surface area (Å²) in [6.07, 6.45) is 0.858. The quantitative estimate of drug-likeness (QED) is 0.255. The summed E-state index contributed by atoms with van der Waals surface area (Å²) in [5, 5.41) is 0. The molecule has 0 amide bonds. The fourth-order valence-corrected chi connectivity index (χ4v) is 3.29. The van der Waals surface area contributed by atoms with Crippen molar-refractivity contribution in [2.45, 2.75) is 38.8 Å². The van der Waals surface area contributed by atoms with Crippen molar-refractivity contribution in [2.24, 2.45) is 0 Å². The molecule has 1 rings (SSSR count). The molecule has 190 valence electrons. The first kappa shape index (κ1) is 29.1. The maximum Gasteiger partial charge on any atom is 0.306 e. The molecule has 0 atom stereocenters. The molecule has 0 aliphatic rings. The van der Waals surface area contributed by atoms with Gasteiger partial charge in [-0.05, 0) is 11.1 Å². The van der Waals surface area contributed by atoms with Crippen molar-refractivity contribution in [3.05, 3.63) is 35.4 Å². The Morgan fingerprint density at radius 2 is 0.882 bits per heavy atom. The molecular weight excluding hydrogens is 444 g/mol. The molecule has 1 aromatic rings. The summed E-state index contributed by atoms with van der Waals surface area (Å²) in [5.74, 6) is -1.26. The summed E-state index contributed by atoms with van der Waals surface area (Å²) in [5.41, 5.74) is 2.02. The molecule has 34 heavy (non-hydrogen) atoms. The van der Waals surface area contributed by atoms with Crippen LogP contribution in [0.5, 0.6) is 0 Å². The lowest BCUT2D eigenvalue weighted by Crippen LogP contribution is -2.30. The van der Waals surface area contributed by atoms with E-state index in [1.165, 1.54) is 28.4 Å². The number of benzene rings is 1. The van der Waals surface area contributed by atoms with Gasteiger partial charge < -0.3 is 18.9 Å². The molecule has 0 saturated carbocycles. The van der Waals surface area contributed by atoms with Crippen molar-refractivity contribution < 1.29 is 38.1 Å². The molecule has 0 aliphatic heterocycles. The van der Waals surface area contributed by atoms with E-state index in [0.717, 1.165) is 11.1 Å². The predicted octanol–water partition coefficient (Wildman–Crippen LogP) is 1.54. The summed E-state index contributed by atoms with van der Waals surface area (Å²) in [6, 6.07) is 7.91. The number of nitrogens with zero attached hydrogens (tertiary/aromatic N) is 2. The number of methoxy groups -OCH3 is 4. The summed E-state index contributed by atoms with van der Waals surface area (Å²) < 4.78 is 18.9. The fraction of sp³-hybridized carbons (Fsp3) is 0.583. The van der Waals surface area contributed by atoms with Gasteiger partial charge in [0, 0.05) is 39.3 Å². The van der Waals surface area contributed by atoms with Gasteiger partial charge in [0.05, 0.1) is 54.1 Å². The van der Waals surface area contributed by atoms with Crippen LogP contribution in [-0.4, -0.2) is 88.3 Å². The van der Waals surface area contributed by atoms with Crippen molar-refractivity contribution in [1.82, 2.24) is 9.80 Å². The van der Waals surface area contributed by atoms with E-state index in [4.69, 9.17) is 18.9 Å². The van der Waals surface area contributed by atoms with Gasteiger partial charge in [0.1, 0.15) is 0 Å². The molecule has 10 heteroatoms. The lowest BCUT2D eigenvalue weighted by molar-refractivity contribution is -0.142. The smallest absolute Gasteiger partial charge is 0.306 e. The third-order valence-corrected chi connectivity index (χ3v) is 5.24. The highest BCUT2D eigenvalue weighted by atomic mass is 16.5. The van der Waals surface area contributed by atoms with Gasteiger partial charge >= 0.3 is 23.9 Å². The average Bonchev–Trinajstić information content (AvgIpc) is 2.86. The number of carbonyl (C=O) groups is 4. The van der Waals surface area contributed by atoms with E-state index in [1.54, 1.807) is 0 Å². The van der Waals surface area contributed by atoms with Gasteiger partial charge in [0.2, 0.25) is 0 Å². The third-order valence-electron chi connectivity index (χ3n) is 5.24. The molecule has 0 aliphatic carbocycles. The van der Waals surface area contributed by atoms with Crippen LogP contribution < -0.4 is 0 Å². The van der Waals surface area contributed by atoms with Gasteiger partial charge in [-0.15, -0.1) is 0 Å². The lowest BCUT2D eigenvalue weighted by Gasteiger charge is -2.23. The second-order valence-corrected chi connectivity index (χ2v) is 7.68. The van der Waals surface area contributed by atoms with E-state index >= 15 is 0 Å². The van der Waals surface area contributed by atoms with Gasteiger partial charge in [-0.3, -0.25) is 29.0 Å². The highest BCUT2D eigenvalue weighted by molar-refractivity contribution is 5.70. The van der Waals surface area contributed by atoms with E-state index < -0.39 is 0 Å². The normalized spacial score (nSPS) is 10.8. The van der Waals surface area contributed by atoms with E-state index in [2.05, 4.69) is 0 Å². The van der Waals surface area contributed by atoms with Crippen molar-refractivity contribution >= 4 is 23.9 Å². The Hall–Kier alpha value is -2.98. The minimum absolute atomic E-state index is 0.214. The average molecular weight is 481 g/mol. The first-order valence-electron chi connectivity index (χ1n) is 11.1. The molecule has 0 radical (unpaired) electrons. The zero-order chi connectivity index (χ0) is 25.3. The maximum absolute atomic E-state index is 11.6. The minimum atomic E-state index is -0.316. The van der Waals surface area contributed by atoms with Crippen LogP contribution in [0.25, 0.3) is 0 Å². The van der Waals surface area contributed by atoms with E-state index in [9.17, 15) is 19.2 Å². The van der Waals surface area contributed by atoms with Crippen LogP contribution >= 0.6 is 0 Å².